The van der Waals surface area contributed by atoms with Crippen LogP contribution in [0.1, 0.15) is 52.4 Å². The lowest BCUT2D eigenvalue weighted by molar-refractivity contribution is -0.272. The van der Waals surface area contributed by atoms with E-state index < -0.39 is 24.6 Å². The Morgan fingerprint density at radius 3 is 2.76 bits per heavy atom. The van der Waals surface area contributed by atoms with Gasteiger partial charge in [0.1, 0.15) is 18.3 Å². The van der Waals surface area contributed by atoms with E-state index in [1.807, 2.05) is 0 Å². The summed E-state index contributed by atoms with van der Waals surface area (Å²) < 4.78 is 10.8. The topological polar surface area (TPSA) is 79.2 Å². The summed E-state index contributed by atoms with van der Waals surface area (Å²) in [6, 6.07) is 0. The number of allylic oxidation sites excluding steroid dienone is 3. The molecule has 1 aliphatic heterocycles. The third-order valence-corrected chi connectivity index (χ3v) is 5.40. The summed E-state index contributed by atoms with van der Waals surface area (Å²) in [4.78, 5) is 0. The van der Waals surface area contributed by atoms with Crippen LogP contribution in [0.3, 0.4) is 0 Å². The van der Waals surface area contributed by atoms with Crippen LogP contribution < -0.4 is 0 Å². The Hall–Kier alpha value is -0.720. The van der Waals surface area contributed by atoms with Crippen molar-refractivity contribution in [1.29, 1.82) is 0 Å². The molecular formula is C20H34O5. The molecule has 3 N–H and O–H groups in total. The van der Waals surface area contributed by atoms with Gasteiger partial charge in [0.25, 0.3) is 0 Å². The molecule has 0 radical (unpaired) electrons. The van der Waals surface area contributed by atoms with Gasteiger partial charge >= 0.3 is 0 Å². The smallest absolute Gasteiger partial charge is 0.186 e. The van der Waals surface area contributed by atoms with Gasteiger partial charge in [-0.15, -0.1) is 0 Å². The molecule has 144 valence electrons. The Bertz CT molecular complexity index is 461. The highest BCUT2D eigenvalue weighted by Gasteiger charge is 2.38. The summed E-state index contributed by atoms with van der Waals surface area (Å²) in [7, 11) is 0. The molecule has 0 spiro atoms. The van der Waals surface area contributed by atoms with Crippen LogP contribution in [0.25, 0.3) is 0 Å². The van der Waals surface area contributed by atoms with Crippen molar-refractivity contribution in [1.82, 2.24) is 0 Å². The fourth-order valence-corrected chi connectivity index (χ4v) is 3.51. The van der Waals surface area contributed by atoms with E-state index >= 15 is 0 Å². The molecule has 1 saturated heterocycles. The van der Waals surface area contributed by atoms with Gasteiger partial charge in [-0.05, 0) is 57.3 Å². The monoisotopic (exact) mass is 354 g/mol. The first kappa shape index (κ1) is 20.6. The van der Waals surface area contributed by atoms with Crippen LogP contribution in [-0.2, 0) is 9.47 Å². The molecule has 0 aromatic carbocycles. The Labute approximate surface area is 151 Å². The normalized spacial score (nSPS) is 34.4. The molecule has 2 rings (SSSR count). The Balaban J connectivity index is 1.61. The molecule has 25 heavy (non-hydrogen) atoms. The first-order valence-corrected chi connectivity index (χ1v) is 9.49. The zero-order valence-corrected chi connectivity index (χ0v) is 15.6. The SMILES string of the molecule is C=C(C)[C@H]1CC=C(CCC[C@@H](C)CO[C@@H]2OC[C@@H](O)[C@H](O)[C@H]2O)CC1. The molecule has 1 fully saturated rings. The fourth-order valence-electron chi connectivity index (χ4n) is 3.51. The van der Waals surface area contributed by atoms with Crippen LogP contribution in [-0.4, -0.2) is 53.1 Å². The molecule has 5 heteroatoms. The molecule has 0 bridgehead atoms. The average molecular weight is 354 g/mol. The van der Waals surface area contributed by atoms with E-state index in [9.17, 15) is 15.3 Å². The van der Waals surface area contributed by atoms with Crippen molar-refractivity contribution in [2.45, 2.75) is 77.0 Å². The molecule has 0 aromatic heterocycles. The molecule has 0 amide bonds. The molecular weight excluding hydrogens is 320 g/mol. The maximum Gasteiger partial charge on any atom is 0.186 e. The van der Waals surface area contributed by atoms with Crippen molar-refractivity contribution in [3.05, 3.63) is 23.8 Å². The second kappa shape index (κ2) is 9.83. The number of aliphatic hydroxyl groups excluding tert-OH is 3. The average Bonchev–Trinajstić information content (AvgIpc) is 2.59. The summed E-state index contributed by atoms with van der Waals surface area (Å²) in [6.45, 7) is 8.76. The lowest BCUT2D eigenvalue weighted by Crippen LogP contribution is -2.53. The van der Waals surface area contributed by atoms with Gasteiger partial charge in [0.2, 0.25) is 0 Å². The summed E-state index contributed by atoms with van der Waals surface area (Å²) in [5.41, 5.74) is 2.86. The van der Waals surface area contributed by atoms with Crippen molar-refractivity contribution >= 4 is 0 Å². The molecule has 0 unspecified atom stereocenters. The van der Waals surface area contributed by atoms with E-state index in [1.54, 1.807) is 5.57 Å². The Morgan fingerprint density at radius 2 is 2.12 bits per heavy atom. The zero-order valence-electron chi connectivity index (χ0n) is 15.6. The van der Waals surface area contributed by atoms with Gasteiger partial charge in [0.15, 0.2) is 6.29 Å². The number of hydrogen-bond donors (Lipinski definition) is 3. The Morgan fingerprint density at radius 1 is 1.36 bits per heavy atom. The number of rotatable bonds is 8. The van der Waals surface area contributed by atoms with Gasteiger partial charge in [0.05, 0.1) is 13.2 Å². The summed E-state index contributed by atoms with van der Waals surface area (Å²) >= 11 is 0. The third-order valence-electron chi connectivity index (χ3n) is 5.40. The standard InChI is InChI=1S/C20H34O5/c1-13(2)16-9-7-15(8-10-16)6-4-5-14(3)11-24-20-19(23)18(22)17(21)12-25-20/h7,14,16-23H,1,4-6,8-12H2,2-3H3/t14-,16+,17-,18+,19-,20-/m1/s1. The number of aliphatic hydroxyl groups is 3. The first-order valence-electron chi connectivity index (χ1n) is 9.49. The van der Waals surface area contributed by atoms with E-state index in [4.69, 9.17) is 9.47 Å². The summed E-state index contributed by atoms with van der Waals surface area (Å²) in [5, 5.41) is 28.9. The van der Waals surface area contributed by atoms with Gasteiger partial charge in [-0.3, -0.25) is 0 Å². The summed E-state index contributed by atoms with van der Waals surface area (Å²) in [6.07, 6.45) is 4.92. The van der Waals surface area contributed by atoms with E-state index in [0.29, 0.717) is 18.4 Å². The van der Waals surface area contributed by atoms with Crippen LogP contribution in [0.4, 0.5) is 0 Å². The number of hydrogen-bond acceptors (Lipinski definition) is 5. The highest BCUT2D eigenvalue weighted by molar-refractivity contribution is 5.11. The van der Waals surface area contributed by atoms with Crippen LogP contribution >= 0.6 is 0 Å². The molecule has 0 saturated carbocycles. The molecule has 1 heterocycles. The maximum absolute atomic E-state index is 9.85. The van der Waals surface area contributed by atoms with Crippen molar-refractivity contribution < 1.29 is 24.8 Å². The third kappa shape index (κ3) is 6.19. The lowest BCUT2D eigenvalue weighted by Gasteiger charge is -2.35. The molecule has 5 nitrogen and oxygen atoms in total. The highest BCUT2D eigenvalue weighted by atomic mass is 16.7. The maximum atomic E-state index is 9.85. The molecule has 6 atom stereocenters. The minimum atomic E-state index is -1.21. The molecule has 1 aliphatic carbocycles. The van der Waals surface area contributed by atoms with Crippen molar-refractivity contribution in [3.8, 4) is 0 Å². The van der Waals surface area contributed by atoms with Crippen LogP contribution in [0.15, 0.2) is 23.8 Å². The lowest BCUT2D eigenvalue weighted by atomic mass is 9.84. The zero-order chi connectivity index (χ0) is 18.4. The minimum Gasteiger partial charge on any atom is -0.388 e. The van der Waals surface area contributed by atoms with Crippen LogP contribution in [0.5, 0.6) is 0 Å². The second-order valence-corrected chi connectivity index (χ2v) is 7.76. The molecule has 2 aliphatic rings. The van der Waals surface area contributed by atoms with Gasteiger partial charge in [-0.2, -0.15) is 0 Å². The highest BCUT2D eigenvalue weighted by Crippen LogP contribution is 2.30. The first-order chi connectivity index (χ1) is 11.9. The van der Waals surface area contributed by atoms with E-state index in [-0.39, 0.29) is 6.61 Å². The van der Waals surface area contributed by atoms with Crippen LogP contribution in [0.2, 0.25) is 0 Å². The Kier molecular flexibility index (Phi) is 8.10. The summed E-state index contributed by atoms with van der Waals surface area (Å²) in [5.74, 6) is 1.01. The van der Waals surface area contributed by atoms with Crippen molar-refractivity contribution in [2.75, 3.05) is 13.2 Å². The van der Waals surface area contributed by atoms with Crippen molar-refractivity contribution in [3.63, 3.8) is 0 Å². The number of ether oxygens (including phenoxy) is 2. The van der Waals surface area contributed by atoms with Crippen molar-refractivity contribution in [2.24, 2.45) is 11.8 Å². The second-order valence-electron chi connectivity index (χ2n) is 7.76. The fraction of sp³-hybridized carbons (Fsp3) is 0.800. The largest absolute Gasteiger partial charge is 0.388 e. The van der Waals surface area contributed by atoms with Gasteiger partial charge in [-0.25, -0.2) is 0 Å². The van der Waals surface area contributed by atoms with E-state index in [2.05, 4.69) is 26.5 Å². The predicted molar refractivity (Wildman–Crippen MR) is 97.0 cm³/mol. The van der Waals surface area contributed by atoms with Gasteiger partial charge < -0.3 is 24.8 Å². The molecule has 0 aromatic rings. The van der Waals surface area contributed by atoms with Gasteiger partial charge in [0, 0.05) is 0 Å². The van der Waals surface area contributed by atoms with Gasteiger partial charge in [-0.1, -0.05) is 30.7 Å². The van der Waals surface area contributed by atoms with E-state index in [1.165, 1.54) is 18.4 Å². The van der Waals surface area contributed by atoms with E-state index in [0.717, 1.165) is 25.7 Å². The van der Waals surface area contributed by atoms with Crippen LogP contribution in [0, 0.1) is 11.8 Å². The predicted octanol–water partition coefficient (Wildman–Crippen LogP) is 2.55. The quantitative estimate of drug-likeness (QED) is 0.584. The minimum absolute atomic E-state index is 0.0173.